The van der Waals surface area contributed by atoms with E-state index in [0.29, 0.717) is 17.7 Å². The molecule has 0 spiro atoms. The van der Waals surface area contributed by atoms with E-state index in [4.69, 9.17) is 10.00 Å². The summed E-state index contributed by atoms with van der Waals surface area (Å²) in [4.78, 5) is 24.1. The first-order valence-corrected chi connectivity index (χ1v) is 9.28. The molecule has 146 valence electrons. The second-order valence-corrected chi connectivity index (χ2v) is 6.62. The minimum atomic E-state index is -0.769. The van der Waals surface area contributed by atoms with E-state index in [1.165, 1.54) is 0 Å². The molecule has 0 heterocycles. The molecule has 0 saturated carbocycles. The molecule has 1 atom stereocenters. The number of carbonyl (C=O) groups is 2. The Bertz CT molecular complexity index is 1050. The minimum absolute atomic E-state index is 0.214. The number of nitrogens with one attached hydrogen (secondary N) is 2. The van der Waals surface area contributed by atoms with Crippen molar-refractivity contribution in [3.8, 4) is 11.8 Å². The number of aryl methyl sites for hydroxylation is 1. The number of fused-ring (bicyclic) bond motifs is 1. The van der Waals surface area contributed by atoms with Gasteiger partial charge in [-0.25, -0.2) is 0 Å². The lowest BCUT2D eigenvalue weighted by Crippen LogP contribution is -2.47. The van der Waals surface area contributed by atoms with Gasteiger partial charge in [-0.2, -0.15) is 5.26 Å². The Hall–Kier alpha value is -3.85. The smallest absolute Gasteiger partial charge is 0.279 e. The highest BCUT2D eigenvalue weighted by Gasteiger charge is 2.15. The molecule has 2 amide bonds. The molecule has 2 N–H and O–H groups in total. The van der Waals surface area contributed by atoms with Gasteiger partial charge in [-0.05, 0) is 53.9 Å². The van der Waals surface area contributed by atoms with Crippen LogP contribution < -0.4 is 15.6 Å². The molecule has 29 heavy (non-hydrogen) atoms. The zero-order valence-electron chi connectivity index (χ0n) is 16.0. The monoisotopic (exact) mass is 387 g/mol. The van der Waals surface area contributed by atoms with Crippen LogP contribution in [0.15, 0.2) is 66.7 Å². The Morgan fingerprint density at radius 3 is 2.45 bits per heavy atom. The third-order valence-electron chi connectivity index (χ3n) is 4.45. The zero-order chi connectivity index (χ0) is 20.6. The van der Waals surface area contributed by atoms with E-state index >= 15 is 0 Å². The molecular formula is C23H21N3O3. The van der Waals surface area contributed by atoms with Crippen molar-refractivity contribution in [3.63, 3.8) is 0 Å². The van der Waals surface area contributed by atoms with Gasteiger partial charge in [0.25, 0.3) is 5.91 Å². The molecule has 0 fully saturated rings. The second-order valence-electron chi connectivity index (χ2n) is 6.62. The van der Waals surface area contributed by atoms with Crippen molar-refractivity contribution in [1.29, 1.82) is 5.26 Å². The van der Waals surface area contributed by atoms with E-state index in [1.54, 1.807) is 19.1 Å². The number of carbonyl (C=O) groups excluding carboxylic acids is 2. The van der Waals surface area contributed by atoms with E-state index in [0.717, 1.165) is 16.3 Å². The quantitative estimate of drug-likeness (QED) is 0.635. The summed E-state index contributed by atoms with van der Waals surface area (Å²) in [5.74, 6) is -0.163. The lowest BCUT2D eigenvalue weighted by Gasteiger charge is -2.15. The van der Waals surface area contributed by atoms with Crippen LogP contribution in [0.25, 0.3) is 10.8 Å². The highest BCUT2D eigenvalue weighted by Crippen LogP contribution is 2.21. The van der Waals surface area contributed by atoms with Crippen LogP contribution in [0, 0.1) is 11.3 Å². The van der Waals surface area contributed by atoms with Crippen LogP contribution in [-0.4, -0.2) is 17.9 Å². The number of benzene rings is 3. The molecule has 0 aliphatic rings. The summed E-state index contributed by atoms with van der Waals surface area (Å²) in [5.41, 5.74) is 6.31. The van der Waals surface area contributed by atoms with E-state index < -0.39 is 12.0 Å². The van der Waals surface area contributed by atoms with Gasteiger partial charge in [0.2, 0.25) is 5.91 Å². The zero-order valence-corrected chi connectivity index (χ0v) is 16.0. The Labute approximate surface area is 169 Å². The Kier molecular flexibility index (Phi) is 6.43. The maximum absolute atomic E-state index is 12.2. The third-order valence-corrected chi connectivity index (χ3v) is 4.45. The number of nitrogens with zero attached hydrogens (tertiary/aromatic N) is 1. The topological polar surface area (TPSA) is 91.2 Å². The number of ether oxygens (including phenoxy) is 1. The predicted octanol–water partition coefficient (Wildman–Crippen LogP) is 3.26. The van der Waals surface area contributed by atoms with Crippen molar-refractivity contribution in [2.45, 2.75) is 25.9 Å². The molecule has 0 aromatic heterocycles. The summed E-state index contributed by atoms with van der Waals surface area (Å²) < 4.78 is 5.68. The van der Waals surface area contributed by atoms with Crippen LogP contribution in [0.3, 0.4) is 0 Å². The normalized spacial score (nSPS) is 11.3. The Morgan fingerprint density at radius 2 is 1.72 bits per heavy atom. The first-order valence-electron chi connectivity index (χ1n) is 9.28. The minimum Gasteiger partial charge on any atom is -0.481 e. The van der Waals surface area contributed by atoms with E-state index in [1.807, 2.05) is 60.7 Å². The average molecular weight is 387 g/mol. The third kappa shape index (κ3) is 5.56. The van der Waals surface area contributed by atoms with E-state index in [9.17, 15) is 9.59 Å². The molecule has 0 aliphatic carbocycles. The van der Waals surface area contributed by atoms with Crippen molar-refractivity contribution >= 4 is 22.6 Å². The predicted molar refractivity (Wildman–Crippen MR) is 110 cm³/mol. The second kappa shape index (κ2) is 9.38. The van der Waals surface area contributed by atoms with Crippen LogP contribution >= 0.6 is 0 Å². The molecule has 0 saturated heterocycles. The number of hydrogen-bond donors (Lipinski definition) is 2. The molecular weight excluding hydrogens is 366 g/mol. The van der Waals surface area contributed by atoms with Crippen molar-refractivity contribution in [1.82, 2.24) is 10.9 Å². The van der Waals surface area contributed by atoms with Crippen molar-refractivity contribution < 1.29 is 14.3 Å². The van der Waals surface area contributed by atoms with Gasteiger partial charge in [-0.1, -0.05) is 42.5 Å². The van der Waals surface area contributed by atoms with Crippen LogP contribution in [0.4, 0.5) is 0 Å². The Morgan fingerprint density at radius 1 is 1.00 bits per heavy atom. The largest absolute Gasteiger partial charge is 0.481 e. The number of hydrazine groups is 1. The Balaban J connectivity index is 1.44. The van der Waals surface area contributed by atoms with Gasteiger partial charge in [0.1, 0.15) is 5.75 Å². The fourth-order valence-electron chi connectivity index (χ4n) is 2.80. The highest BCUT2D eigenvalue weighted by atomic mass is 16.5. The summed E-state index contributed by atoms with van der Waals surface area (Å²) in [6, 6.07) is 22.6. The summed E-state index contributed by atoms with van der Waals surface area (Å²) in [6.07, 6.45) is -0.0437. The summed E-state index contributed by atoms with van der Waals surface area (Å²) in [5, 5.41) is 10.9. The summed E-state index contributed by atoms with van der Waals surface area (Å²) >= 11 is 0. The average Bonchev–Trinajstić information content (AvgIpc) is 2.76. The molecule has 0 radical (unpaired) electrons. The van der Waals surface area contributed by atoms with Crippen LogP contribution in [0.2, 0.25) is 0 Å². The van der Waals surface area contributed by atoms with Gasteiger partial charge in [-0.15, -0.1) is 0 Å². The number of amides is 2. The van der Waals surface area contributed by atoms with Crippen molar-refractivity contribution in [3.05, 3.63) is 77.9 Å². The van der Waals surface area contributed by atoms with Gasteiger partial charge in [0.05, 0.1) is 11.6 Å². The van der Waals surface area contributed by atoms with Gasteiger partial charge < -0.3 is 4.74 Å². The maximum atomic E-state index is 12.2. The lowest BCUT2D eigenvalue weighted by atomic mass is 10.1. The molecule has 3 rings (SSSR count). The van der Waals surface area contributed by atoms with Crippen molar-refractivity contribution in [2.75, 3.05) is 0 Å². The number of nitriles is 1. The first kappa shape index (κ1) is 19.9. The summed E-state index contributed by atoms with van der Waals surface area (Å²) in [6.45, 7) is 1.62. The van der Waals surface area contributed by atoms with Crippen LogP contribution in [0.5, 0.6) is 5.75 Å². The van der Waals surface area contributed by atoms with Gasteiger partial charge >= 0.3 is 0 Å². The van der Waals surface area contributed by atoms with Crippen LogP contribution in [0.1, 0.15) is 24.5 Å². The fraction of sp³-hybridized carbons (Fsp3) is 0.174. The molecule has 6 heteroatoms. The van der Waals surface area contributed by atoms with Gasteiger partial charge in [-0.3, -0.25) is 20.4 Å². The summed E-state index contributed by atoms with van der Waals surface area (Å²) in [7, 11) is 0. The van der Waals surface area contributed by atoms with Gasteiger partial charge in [0.15, 0.2) is 6.10 Å². The van der Waals surface area contributed by atoms with Crippen LogP contribution in [-0.2, 0) is 16.0 Å². The highest BCUT2D eigenvalue weighted by molar-refractivity contribution is 5.85. The van der Waals surface area contributed by atoms with E-state index in [2.05, 4.69) is 10.9 Å². The maximum Gasteiger partial charge on any atom is 0.279 e. The first-order chi connectivity index (χ1) is 14.0. The SMILES string of the molecule is CC(Oc1ccc2ccccc2c1)C(=O)NNC(=O)CCc1ccc(C#N)cc1. The van der Waals surface area contributed by atoms with E-state index in [-0.39, 0.29) is 12.3 Å². The molecule has 0 bridgehead atoms. The molecule has 3 aromatic rings. The van der Waals surface area contributed by atoms with Crippen molar-refractivity contribution in [2.24, 2.45) is 0 Å². The molecule has 3 aromatic carbocycles. The number of rotatable bonds is 6. The van der Waals surface area contributed by atoms with Gasteiger partial charge in [0, 0.05) is 6.42 Å². The standard InChI is InChI=1S/C23H21N3O3/c1-16(29-21-12-11-19-4-2-3-5-20(19)14-21)23(28)26-25-22(27)13-10-17-6-8-18(15-24)9-7-17/h2-9,11-12,14,16H,10,13H2,1H3,(H,25,27)(H,26,28). The number of hydrogen-bond acceptors (Lipinski definition) is 4. The molecule has 0 aliphatic heterocycles. The molecule has 6 nitrogen and oxygen atoms in total. The fourth-order valence-corrected chi connectivity index (χ4v) is 2.80. The lowest BCUT2D eigenvalue weighted by molar-refractivity contribution is -0.132. The molecule has 1 unspecified atom stereocenters.